The van der Waals surface area contributed by atoms with Gasteiger partial charge in [-0.25, -0.2) is 0 Å². The van der Waals surface area contributed by atoms with Crippen molar-refractivity contribution in [2.24, 2.45) is 17.2 Å². The van der Waals surface area contributed by atoms with Gasteiger partial charge in [0.1, 0.15) is 60.3 Å². The second kappa shape index (κ2) is 25.6. The number of amides is 5. The Hall–Kier alpha value is -7.40. The average molecular weight is 1010 g/mol. The number of carbonyl (C=O) groups excluding carboxylic acids is 6. The van der Waals surface area contributed by atoms with Crippen LogP contribution in [0.25, 0.3) is 22.3 Å². The first-order valence-corrected chi connectivity index (χ1v) is 23.6. The number of carbonyl (C=O) groups is 6. The highest BCUT2D eigenvalue weighted by molar-refractivity contribution is 6.30. The van der Waals surface area contributed by atoms with Crippen LogP contribution in [0.4, 0.5) is 5.69 Å². The van der Waals surface area contributed by atoms with E-state index in [1.807, 2.05) is 12.1 Å². The van der Waals surface area contributed by atoms with Gasteiger partial charge < -0.3 is 57.9 Å². The molecule has 1 aromatic heterocycles. The molecule has 0 aliphatic carbocycles. The molecule has 0 spiro atoms. The summed E-state index contributed by atoms with van der Waals surface area (Å²) in [6.07, 6.45) is 0.115. The number of unbranched alkanes of at least 4 members (excludes halogenated alkanes) is 1. The smallest absolute Gasteiger partial charge is 0.251 e. The van der Waals surface area contributed by atoms with Crippen molar-refractivity contribution in [3.63, 3.8) is 0 Å². The molecule has 21 nitrogen and oxygen atoms in total. The summed E-state index contributed by atoms with van der Waals surface area (Å²) in [6.45, 7) is 2.21. The Balaban J connectivity index is 1.38. The molecule has 22 heteroatoms. The van der Waals surface area contributed by atoms with Gasteiger partial charge in [-0.3, -0.25) is 44.2 Å². The lowest BCUT2D eigenvalue weighted by atomic mass is 9.93. The van der Waals surface area contributed by atoms with Gasteiger partial charge in [0, 0.05) is 48.3 Å². The van der Waals surface area contributed by atoms with Crippen molar-refractivity contribution >= 4 is 52.6 Å². The second-order valence-electron chi connectivity index (χ2n) is 16.8. The molecule has 5 aromatic rings. The SMILES string of the molecule is CONc1cn[nH]c1C(=O)C(O)NC(=O)C1Cc2ccc(OCCN)c(c2)-c2cc(ccc2OCCN)C(N(C)C(=O)[C@H](CCCCN)NC(=O)c2ccc(-c3ccc(Cl)cc3)cc2)C(=O)N[C@@H](C)C(=O)N1. The summed E-state index contributed by atoms with van der Waals surface area (Å²) < 4.78 is 12.3. The van der Waals surface area contributed by atoms with E-state index in [1.165, 1.54) is 32.2 Å². The van der Waals surface area contributed by atoms with Crippen molar-refractivity contribution in [2.75, 3.05) is 52.5 Å². The zero-order valence-electron chi connectivity index (χ0n) is 40.0. The standard InChI is InChI=1S/C50H60ClN11O10/c1-28-45(64)58-38(47(66)59-49(68)44(63)42-39(61-70-3)27-55-60-42)25-29-7-17-40(71-22-20-53)35(24-29)36-26-33(14-18-41(36)72-23-21-54)43(48(67)56-28)62(2)50(69)37(6-4-5-19-52)57-46(65)32-10-8-30(9-11-32)31-12-15-34(51)16-13-31/h7-18,24,26-28,37-38,43,49,61,68H,4-6,19-23,25,52-54H2,1-3H3,(H,55,60)(H,56,67)(H,57,65)(H,58,64)(H,59,66)/t28-,37-,38?,43?,49?/m0/s1. The molecule has 5 atom stereocenters. The molecule has 6 rings (SSSR count). The molecule has 0 saturated carbocycles. The van der Waals surface area contributed by atoms with Gasteiger partial charge in [-0.05, 0) is 104 Å². The Labute approximate surface area is 420 Å². The number of ether oxygens (including phenoxy) is 2. The molecule has 13 N–H and O–H groups in total. The van der Waals surface area contributed by atoms with Crippen LogP contribution < -0.4 is 53.4 Å². The lowest BCUT2D eigenvalue weighted by Gasteiger charge is -2.33. The van der Waals surface area contributed by atoms with Crippen LogP contribution in [-0.2, 0) is 30.4 Å². The molecule has 5 amide bonds. The lowest BCUT2D eigenvalue weighted by Crippen LogP contribution is -2.57. The molecule has 0 radical (unpaired) electrons. The van der Waals surface area contributed by atoms with E-state index in [4.69, 9.17) is 43.1 Å². The van der Waals surface area contributed by atoms with Crippen molar-refractivity contribution in [1.29, 1.82) is 0 Å². The predicted molar refractivity (Wildman–Crippen MR) is 268 cm³/mol. The Bertz CT molecular complexity index is 2700. The Morgan fingerprint density at radius 2 is 1.47 bits per heavy atom. The molecule has 1 aliphatic heterocycles. The Kier molecular flexibility index (Phi) is 19.2. The van der Waals surface area contributed by atoms with Gasteiger partial charge in [0.25, 0.3) is 5.91 Å². The minimum Gasteiger partial charge on any atom is -0.492 e. The van der Waals surface area contributed by atoms with Crippen molar-refractivity contribution in [3.8, 4) is 33.8 Å². The number of nitrogens with one attached hydrogen (secondary N) is 6. The summed E-state index contributed by atoms with van der Waals surface area (Å²) >= 11 is 6.08. The molecule has 2 heterocycles. The van der Waals surface area contributed by atoms with Crippen LogP contribution in [0.5, 0.6) is 11.5 Å². The number of likely N-dealkylation sites (N-methyl/N-ethyl adjacent to an activating group) is 1. The molecule has 1 aliphatic rings. The van der Waals surface area contributed by atoms with Crippen LogP contribution in [0.2, 0.25) is 5.02 Å². The van der Waals surface area contributed by atoms with E-state index in [1.54, 1.807) is 72.8 Å². The third-order valence-electron chi connectivity index (χ3n) is 11.7. The number of fused-ring (bicyclic) bond motifs is 5. The zero-order chi connectivity index (χ0) is 51.9. The average Bonchev–Trinajstić information content (AvgIpc) is 3.85. The highest BCUT2D eigenvalue weighted by atomic mass is 35.5. The molecule has 4 bridgehead atoms. The summed E-state index contributed by atoms with van der Waals surface area (Å²) in [5.41, 5.74) is 23.5. The van der Waals surface area contributed by atoms with Crippen molar-refractivity contribution in [1.82, 2.24) is 36.4 Å². The van der Waals surface area contributed by atoms with Crippen molar-refractivity contribution in [2.45, 2.75) is 63.0 Å². The van der Waals surface area contributed by atoms with Gasteiger partial charge in [-0.2, -0.15) is 5.10 Å². The van der Waals surface area contributed by atoms with E-state index in [9.17, 15) is 33.9 Å². The number of hydrogen-bond acceptors (Lipinski definition) is 15. The number of hydrogen-bond donors (Lipinski definition) is 10. The maximum Gasteiger partial charge on any atom is 0.251 e. The van der Waals surface area contributed by atoms with Crippen molar-refractivity contribution < 1.29 is 48.2 Å². The number of ketones is 1. The lowest BCUT2D eigenvalue weighted by molar-refractivity contribution is -0.141. The number of aliphatic hydroxyl groups is 1. The van der Waals surface area contributed by atoms with E-state index in [-0.39, 0.29) is 56.1 Å². The van der Waals surface area contributed by atoms with E-state index in [0.29, 0.717) is 58.2 Å². The number of halogens is 1. The maximum atomic E-state index is 14.9. The largest absolute Gasteiger partial charge is 0.492 e. The van der Waals surface area contributed by atoms with Gasteiger partial charge >= 0.3 is 0 Å². The number of anilines is 1. The van der Waals surface area contributed by atoms with Gasteiger partial charge in [-0.1, -0.05) is 48.0 Å². The van der Waals surface area contributed by atoms with Gasteiger partial charge in [0.15, 0.2) is 6.23 Å². The summed E-state index contributed by atoms with van der Waals surface area (Å²) in [6, 6.07) is 18.7. The monoisotopic (exact) mass is 1010 g/mol. The first kappa shape index (κ1) is 53.9. The molecule has 0 saturated heterocycles. The number of nitrogens with zero attached hydrogens (tertiary/aromatic N) is 2. The highest BCUT2D eigenvalue weighted by Crippen LogP contribution is 2.40. The van der Waals surface area contributed by atoms with Crippen LogP contribution in [0.3, 0.4) is 0 Å². The fourth-order valence-electron chi connectivity index (χ4n) is 8.00. The summed E-state index contributed by atoms with van der Waals surface area (Å²) in [5, 5.41) is 28.3. The fourth-order valence-corrected chi connectivity index (χ4v) is 8.13. The summed E-state index contributed by atoms with van der Waals surface area (Å²) in [4.78, 5) is 91.0. The van der Waals surface area contributed by atoms with E-state index in [0.717, 1.165) is 11.1 Å². The summed E-state index contributed by atoms with van der Waals surface area (Å²) in [7, 11) is 2.72. The van der Waals surface area contributed by atoms with E-state index >= 15 is 0 Å². The number of aromatic amines is 1. The number of aliphatic hydroxyl groups excluding tert-OH is 1. The molecule has 3 unspecified atom stereocenters. The minimum atomic E-state index is -2.11. The third-order valence-corrected chi connectivity index (χ3v) is 12.0. The number of aromatic nitrogens is 2. The van der Waals surface area contributed by atoms with E-state index in [2.05, 4.69) is 36.9 Å². The number of rotatable bonds is 21. The predicted octanol–water partition coefficient (Wildman–Crippen LogP) is 2.34. The number of Topliss-reactive ketones (excluding diaryl/α,β-unsaturated/α-hetero) is 1. The van der Waals surface area contributed by atoms with Gasteiger partial charge in [-0.15, -0.1) is 0 Å². The first-order chi connectivity index (χ1) is 34.7. The first-order valence-electron chi connectivity index (χ1n) is 23.2. The number of benzene rings is 4. The molecular formula is C50H60ClN11O10. The molecular weight excluding hydrogens is 950 g/mol. The van der Waals surface area contributed by atoms with Crippen LogP contribution in [0.15, 0.2) is 91.1 Å². The highest BCUT2D eigenvalue weighted by Gasteiger charge is 2.37. The third kappa shape index (κ3) is 13.5. The molecule has 382 valence electrons. The van der Waals surface area contributed by atoms with Crippen molar-refractivity contribution in [3.05, 3.63) is 119 Å². The fraction of sp³-hybridized carbons (Fsp3) is 0.340. The van der Waals surface area contributed by atoms with Crippen LogP contribution in [-0.4, -0.2) is 127 Å². The van der Waals surface area contributed by atoms with E-state index < -0.39 is 65.7 Å². The second-order valence-corrected chi connectivity index (χ2v) is 17.3. The molecule has 72 heavy (non-hydrogen) atoms. The maximum absolute atomic E-state index is 14.9. The molecule has 0 fully saturated rings. The summed E-state index contributed by atoms with van der Waals surface area (Å²) in [5.74, 6) is -4.05. The topological polar surface area (TPSA) is 320 Å². The van der Waals surface area contributed by atoms with Crippen LogP contribution >= 0.6 is 11.6 Å². The number of nitrogens with two attached hydrogens (primary N) is 3. The Morgan fingerprint density at radius 1 is 0.833 bits per heavy atom. The van der Waals surface area contributed by atoms with Gasteiger partial charge in [0.2, 0.25) is 29.4 Å². The van der Waals surface area contributed by atoms with Crippen LogP contribution in [0, 0.1) is 0 Å². The van der Waals surface area contributed by atoms with Crippen LogP contribution in [0.1, 0.15) is 64.2 Å². The quantitative estimate of drug-likeness (QED) is 0.0218. The molecule has 4 aromatic carbocycles. The zero-order valence-corrected chi connectivity index (χ0v) is 40.8. The minimum absolute atomic E-state index is 0.0874. The normalized spacial score (nSPS) is 16.5. The number of H-pyrrole nitrogens is 1. The Morgan fingerprint density at radius 3 is 2.11 bits per heavy atom. The van der Waals surface area contributed by atoms with Gasteiger partial charge in [0.05, 0.1) is 13.3 Å².